The number of hydrogen-bond donors (Lipinski definition) is 1. The summed E-state index contributed by atoms with van der Waals surface area (Å²) in [5, 5.41) is 8.84. The molecule has 118 valence electrons. The number of rotatable bonds is 6. The Morgan fingerprint density at radius 3 is 2.38 bits per heavy atom. The molecule has 1 atom stereocenters. The molecule has 2 rings (SSSR count). The second-order valence-electron chi connectivity index (χ2n) is 5.40. The van der Waals surface area contributed by atoms with E-state index in [0.29, 0.717) is 13.1 Å². The maximum Gasteiger partial charge on any atom is 0.307 e. The molecule has 1 aliphatic rings. The molecule has 1 unspecified atom stereocenters. The normalized spacial score (nSPS) is 17.6. The van der Waals surface area contributed by atoms with Crippen LogP contribution in [0.25, 0.3) is 0 Å². The smallest absolute Gasteiger partial charge is 0.307 e. The van der Waals surface area contributed by atoms with E-state index < -0.39 is 27.0 Å². The van der Waals surface area contributed by atoms with E-state index >= 15 is 0 Å². The van der Waals surface area contributed by atoms with E-state index in [1.807, 2.05) is 42.3 Å². The fraction of sp³-hybridized carbons (Fsp3) is 0.500. The number of benzene rings is 1. The summed E-state index contributed by atoms with van der Waals surface area (Å²) < 4.78 is 24.3. The lowest BCUT2D eigenvalue weighted by Crippen LogP contribution is -2.53. The van der Waals surface area contributed by atoms with Crippen molar-refractivity contribution in [2.24, 2.45) is 5.92 Å². The molecule has 0 aliphatic carbocycles. The van der Waals surface area contributed by atoms with E-state index in [2.05, 4.69) is 0 Å². The number of hydrogen-bond acceptors (Lipinski definition) is 4. The predicted octanol–water partition coefficient (Wildman–Crippen LogP) is 1.08. The van der Waals surface area contributed by atoms with Crippen LogP contribution in [0.4, 0.5) is 0 Å². The van der Waals surface area contributed by atoms with Crippen molar-refractivity contribution in [2.45, 2.75) is 11.7 Å². The maximum atomic E-state index is 12.2. The minimum Gasteiger partial charge on any atom is -0.481 e. The summed E-state index contributed by atoms with van der Waals surface area (Å²) in [6, 6.07) is 9.13. The average molecular weight is 334 g/mol. The first-order chi connectivity index (χ1) is 9.38. The van der Waals surface area contributed by atoms with Crippen LogP contribution in [0, 0.1) is 5.92 Å². The Balaban J connectivity index is 0.00000220. The molecule has 0 saturated carbocycles. The Morgan fingerprint density at radius 1 is 1.33 bits per heavy atom. The lowest BCUT2D eigenvalue weighted by Gasteiger charge is -2.36. The van der Waals surface area contributed by atoms with E-state index in [0.717, 1.165) is 5.56 Å². The van der Waals surface area contributed by atoms with Gasteiger partial charge in [0.15, 0.2) is 9.84 Å². The molecule has 7 heteroatoms. The molecular weight excluding hydrogens is 314 g/mol. The summed E-state index contributed by atoms with van der Waals surface area (Å²) >= 11 is 0. The van der Waals surface area contributed by atoms with Gasteiger partial charge in [-0.05, 0) is 19.0 Å². The highest BCUT2D eigenvalue weighted by molar-refractivity contribution is 7.92. The van der Waals surface area contributed by atoms with Gasteiger partial charge in [-0.3, -0.25) is 4.79 Å². The monoisotopic (exact) mass is 333 g/mol. The summed E-state index contributed by atoms with van der Waals surface area (Å²) in [5.74, 6) is -2.21. The third-order valence-electron chi connectivity index (χ3n) is 3.65. The topological polar surface area (TPSA) is 74.7 Å². The number of halogens is 1. The van der Waals surface area contributed by atoms with Gasteiger partial charge < -0.3 is 10.0 Å². The second-order valence-corrected chi connectivity index (χ2v) is 7.72. The SMILES string of the molecule is CN1CC(S(=O)(=O)CC(Cc2ccccc2)C(=O)O)C1.Cl. The van der Waals surface area contributed by atoms with Crippen molar-refractivity contribution in [3.8, 4) is 0 Å². The van der Waals surface area contributed by atoms with Gasteiger partial charge >= 0.3 is 5.97 Å². The molecule has 0 bridgehead atoms. The van der Waals surface area contributed by atoms with Crippen molar-refractivity contribution >= 4 is 28.2 Å². The molecular formula is C14H20ClNO4S. The molecule has 0 radical (unpaired) electrons. The molecule has 1 N–H and O–H groups in total. The Labute approximate surface area is 131 Å². The van der Waals surface area contributed by atoms with E-state index in [-0.39, 0.29) is 24.6 Å². The van der Waals surface area contributed by atoms with Crippen LogP contribution in [0.2, 0.25) is 0 Å². The number of sulfone groups is 1. The standard InChI is InChI=1S/C14H19NO4S.ClH/c1-15-8-13(9-15)20(18,19)10-12(14(16)17)7-11-5-3-2-4-6-11;/h2-6,12-13H,7-10H2,1H3,(H,16,17);1H. The van der Waals surface area contributed by atoms with Gasteiger partial charge in [0, 0.05) is 13.1 Å². The second kappa shape index (κ2) is 7.24. The van der Waals surface area contributed by atoms with Crippen LogP contribution in [0.1, 0.15) is 5.56 Å². The number of likely N-dealkylation sites (tertiary alicyclic amines) is 1. The van der Waals surface area contributed by atoms with E-state index in [4.69, 9.17) is 0 Å². The van der Waals surface area contributed by atoms with Crippen LogP contribution in [0.5, 0.6) is 0 Å². The number of aliphatic carboxylic acids is 1. The van der Waals surface area contributed by atoms with Crippen LogP contribution in [-0.4, -0.2) is 55.5 Å². The van der Waals surface area contributed by atoms with Gasteiger partial charge in [-0.2, -0.15) is 0 Å². The summed E-state index contributed by atoms with van der Waals surface area (Å²) in [6.07, 6.45) is 0.248. The first kappa shape index (κ1) is 17.9. The highest BCUT2D eigenvalue weighted by Gasteiger charge is 2.37. The van der Waals surface area contributed by atoms with E-state index in [1.54, 1.807) is 0 Å². The van der Waals surface area contributed by atoms with E-state index in [1.165, 1.54) is 0 Å². The molecule has 1 saturated heterocycles. The zero-order valence-electron chi connectivity index (χ0n) is 11.8. The lowest BCUT2D eigenvalue weighted by molar-refractivity contribution is -0.140. The van der Waals surface area contributed by atoms with Crippen molar-refractivity contribution in [1.82, 2.24) is 4.90 Å². The summed E-state index contributed by atoms with van der Waals surface area (Å²) in [5.41, 5.74) is 0.848. The molecule has 0 spiro atoms. The number of carbonyl (C=O) groups is 1. The molecule has 1 aromatic carbocycles. The molecule has 1 heterocycles. The highest BCUT2D eigenvalue weighted by Crippen LogP contribution is 2.19. The Kier molecular flexibility index (Phi) is 6.19. The summed E-state index contributed by atoms with van der Waals surface area (Å²) in [6.45, 7) is 1.00. The third kappa shape index (κ3) is 4.69. The third-order valence-corrected chi connectivity index (χ3v) is 5.83. The minimum absolute atomic E-state index is 0. The lowest BCUT2D eigenvalue weighted by atomic mass is 10.0. The predicted molar refractivity (Wildman–Crippen MR) is 83.6 cm³/mol. The first-order valence-corrected chi connectivity index (χ1v) is 8.27. The fourth-order valence-electron chi connectivity index (χ4n) is 2.40. The van der Waals surface area contributed by atoms with E-state index in [9.17, 15) is 18.3 Å². The van der Waals surface area contributed by atoms with Gasteiger partial charge in [-0.1, -0.05) is 30.3 Å². The molecule has 1 aliphatic heterocycles. The van der Waals surface area contributed by atoms with Crippen molar-refractivity contribution in [3.63, 3.8) is 0 Å². The van der Waals surface area contributed by atoms with Crippen molar-refractivity contribution in [3.05, 3.63) is 35.9 Å². The van der Waals surface area contributed by atoms with Crippen LogP contribution in [0.3, 0.4) is 0 Å². The first-order valence-electron chi connectivity index (χ1n) is 6.55. The van der Waals surface area contributed by atoms with Crippen LogP contribution < -0.4 is 0 Å². The number of carboxylic acid groups (broad SMARTS) is 1. The van der Waals surface area contributed by atoms with Gasteiger partial charge in [0.25, 0.3) is 0 Å². The number of carboxylic acids is 1. The average Bonchev–Trinajstić information content (AvgIpc) is 2.35. The maximum absolute atomic E-state index is 12.2. The molecule has 0 aromatic heterocycles. The van der Waals surface area contributed by atoms with Gasteiger partial charge in [0.1, 0.15) is 0 Å². The van der Waals surface area contributed by atoms with Gasteiger partial charge in [0.2, 0.25) is 0 Å². The fourth-order valence-corrected chi connectivity index (χ4v) is 4.46. The van der Waals surface area contributed by atoms with Crippen LogP contribution in [0.15, 0.2) is 30.3 Å². The summed E-state index contributed by atoms with van der Waals surface area (Å²) in [7, 11) is -1.49. The highest BCUT2D eigenvalue weighted by atomic mass is 35.5. The minimum atomic E-state index is -3.34. The van der Waals surface area contributed by atoms with Crippen LogP contribution >= 0.6 is 12.4 Å². The summed E-state index contributed by atoms with van der Waals surface area (Å²) in [4.78, 5) is 13.2. The Morgan fingerprint density at radius 2 is 1.90 bits per heavy atom. The molecule has 1 aromatic rings. The number of nitrogens with zero attached hydrogens (tertiary/aromatic N) is 1. The van der Waals surface area contributed by atoms with Crippen molar-refractivity contribution in [2.75, 3.05) is 25.9 Å². The van der Waals surface area contributed by atoms with Gasteiger partial charge in [0.05, 0.1) is 16.9 Å². The zero-order chi connectivity index (χ0) is 14.8. The quantitative estimate of drug-likeness (QED) is 0.843. The molecule has 1 fully saturated rings. The van der Waals surface area contributed by atoms with Crippen molar-refractivity contribution < 1.29 is 18.3 Å². The molecule has 5 nitrogen and oxygen atoms in total. The van der Waals surface area contributed by atoms with Crippen molar-refractivity contribution in [1.29, 1.82) is 0 Å². The molecule has 21 heavy (non-hydrogen) atoms. The Hall–Kier alpha value is -1.11. The zero-order valence-corrected chi connectivity index (χ0v) is 13.4. The molecule has 0 amide bonds. The van der Waals surface area contributed by atoms with Gasteiger partial charge in [-0.15, -0.1) is 12.4 Å². The Bertz CT molecular complexity index is 570. The van der Waals surface area contributed by atoms with Crippen LogP contribution in [-0.2, 0) is 21.1 Å². The van der Waals surface area contributed by atoms with Gasteiger partial charge in [-0.25, -0.2) is 8.42 Å². The largest absolute Gasteiger partial charge is 0.481 e.